The molecule has 0 amide bonds. The van der Waals surface area contributed by atoms with Crippen molar-refractivity contribution < 1.29 is 0 Å². The third-order valence-electron chi connectivity index (χ3n) is 15.2. The molecule has 3 aromatic heterocycles. The first-order chi connectivity index (χ1) is 33.2. The number of nitrogens with zero attached hydrogens (tertiary/aromatic N) is 4. The highest BCUT2D eigenvalue weighted by Gasteiger charge is 2.45. The van der Waals surface area contributed by atoms with E-state index in [-0.39, 0.29) is 0 Å². The van der Waals surface area contributed by atoms with E-state index in [1.807, 2.05) is 11.8 Å². The molecule has 6 unspecified atom stereocenters. The summed E-state index contributed by atoms with van der Waals surface area (Å²) in [6, 6.07) is 52.2. The summed E-state index contributed by atoms with van der Waals surface area (Å²) >= 11 is 4.17. The molecule has 0 bridgehead atoms. The molecule has 6 atom stereocenters. The van der Waals surface area contributed by atoms with Gasteiger partial charge in [-0.05, 0) is 107 Å². The maximum Gasteiger partial charge on any atom is 0.145 e. The van der Waals surface area contributed by atoms with Gasteiger partial charge in [0.2, 0.25) is 0 Å². The Labute approximate surface area is 398 Å². The molecule has 1 saturated heterocycles. The monoisotopic (exact) mass is 896 g/mol. The molecule has 0 spiro atoms. The van der Waals surface area contributed by atoms with Gasteiger partial charge in [-0.3, -0.25) is 4.57 Å². The number of hydrogen-bond donors (Lipinski definition) is 0. The lowest BCUT2D eigenvalue weighted by Gasteiger charge is -2.25. The lowest BCUT2D eigenvalue weighted by Crippen LogP contribution is -2.18. The van der Waals surface area contributed by atoms with E-state index < -0.39 is 0 Å². The molecule has 0 radical (unpaired) electrons. The number of hydrogen-bond acceptors (Lipinski definition) is 3. The van der Waals surface area contributed by atoms with Crippen LogP contribution < -0.4 is 0 Å². The molecule has 0 saturated carbocycles. The van der Waals surface area contributed by atoms with Crippen LogP contribution in [-0.4, -0.2) is 23.9 Å². The summed E-state index contributed by atoms with van der Waals surface area (Å²) in [7, 11) is 0. The number of imidazole rings is 1. The van der Waals surface area contributed by atoms with Crippen molar-refractivity contribution in [3.05, 3.63) is 222 Å². The van der Waals surface area contributed by atoms with Crippen molar-refractivity contribution in [2.45, 2.75) is 39.4 Å². The summed E-state index contributed by atoms with van der Waals surface area (Å²) in [4.78, 5) is 6.63. The fraction of sp³-hybridized carbons (Fsp3) is 0.131. The normalized spacial score (nSPS) is 22.8. The standard InChI is InChI=1S/C61H44N4S2/c1-2-14-40(15-3-1)65-52-23-11-8-20-49(52)62-61(65)38-28-26-37(27-29-38)39-34-41(63-50-21-9-4-18-47(50)57-53(63)32-30-45-43-16-6-12-24-55(43)66-59(45)57)36-42(35-39)64-51-22-10-5-19-48(51)58-54(64)33-31-46-44-17-7-13-25-56(44)67-60(46)58/h2,4-36,43,45-46,55,59-60H,1,3H2. The summed E-state index contributed by atoms with van der Waals surface area (Å²) < 4.78 is 7.45. The van der Waals surface area contributed by atoms with Crippen LogP contribution in [0.5, 0.6) is 0 Å². The number of para-hydroxylation sites is 4. The molecule has 5 heterocycles. The fourth-order valence-electron chi connectivity index (χ4n) is 12.2. The van der Waals surface area contributed by atoms with E-state index in [1.54, 1.807) is 0 Å². The second-order valence-electron chi connectivity index (χ2n) is 18.8. The minimum absolute atomic E-state index is 0.318. The van der Waals surface area contributed by atoms with Crippen molar-refractivity contribution in [2.24, 2.45) is 11.8 Å². The van der Waals surface area contributed by atoms with Crippen LogP contribution in [0, 0.1) is 11.8 Å². The van der Waals surface area contributed by atoms with Crippen molar-refractivity contribution >= 4 is 74.2 Å². The zero-order valence-electron chi connectivity index (χ0n) is 36.6. The molecular weight excluding hydrogens is 853 g/mol. The number of allylic oxidation sites excluding steroid dienone is 9. The first-order valence-electron chi connectivity index (χ1n) is 23.7. The first-order valence-corrected chi connectivity index (χ1v) is 25.6. The molecule has 6 aromatic carbocycles. The topological polar surface area (TPSA) is 27.7 Å². The number of thioether (sulfide) groups is 2. The molecule has 9 aromatic rings. The SMILES string of the molecule is C1=CC2SC3c4c(n(-c5cc(-c6ccc(-c7nc8ccccc8n7C7=CCCC=C7)cc6)cc(-n6c7c(c8ccccc86)C6Sc8ccccc8C6C=C7)c5)c5ccccc45)C=CC3C2C=C1. The molecule has 4 aliphatic carbocycles. The van der Waals surface area contributed by atoms with Crippen molar-refractivity contribution in [1.29, 1.82) is 0 Å². The van der Waals surface area contributed by atoms with Gasteiger partial charge in [0.05, 0.1) is 33.5 Å². The Kier molecular flexibility index (Phi) is 8.40. The van der Waals surface area contributed by atoms with Crippen LogP contribution in [0.3, 0.4) is 0 Å². The Morgan fingerprint density at radius 3 is 1.97 bits per heavy atom. The number of benzene rings is 6. The van der Waals surface area contributed by atoms with Gasteiger partial charge in [0.1, 0.15) is 5.82 Å². The Hall–Kier alpha value is -6.99. The highest BCUT2D eigenvalue weighted by Crippen LogP contribution is 2.61. The van der Waals surface area contributed by atoms with Gasteiger partial charge in [-0.2, -0.15) is 0 Å². The van der Waals surface area contributed by atoms with Crippen molar-refractivity contribution in [3.63, 3.8) is 0 Å². The molecule has 1 fully saturated rings. The summed E-state index contributed by atoms with van der Waals surface area (Å²) in [5, 5.41) is 3.89. The largest absolute Gasteiger partial charge is 0.309 e. The summed E-state index contributed by atoms with van der Waals surface area (Å²) in [6.45, 7) is 0. The van der Waals surface area contributed by atoms with E-state index >= 15 is 0 Å². The predicted octanol–water partition coefficient (Wildman–Crippen LogP) is 15.9. The summed E-state index contributed by atoms with van der Waals surface area (Å²) in [6.07, 6.45) is 28.2. The Bertz CT molecular complexity index is 3750. The van der Waals surface area contributed by atoms with E-state index in [4.69, 9.17) is 4.98 Å². The minimum Gasteiger partial charge on any atom is -0.309 e. The van der Waals surface area contributed by atoms with Gasteiger partial charge < -0.3 is 9.13 Å². The second kappa shape index (κ2) is 14.8. The average Bonchev–Trinajstić information content (AvgIpc) is 4.21. The molecule has 6 aliphatic rings. The lowest BCUT2D eigenvalue weighted by atomic mass is 9.79. The third-order valence-corrected chi connectivity index (χ3v) is 18.2. The maximum atomic E-state index is 5.24. The smallest absolute Gasteiger partial charge is 0.145 e. The molecule has 4 nitrogen and oxygen atoms in total. The van der Waals surface area contributed by atoms with Crippen LogP contribution in [0.25, 0.3) is 84.6 Å². The highest BCUT2D eigenvalue weighted by molar-refractivity contribution is 8.00. The lowest BCUT2D eigenvalue weighted by molar-refractivity contribution is 0.506. The number of aromatic nitrogens is 4. The van der Waals surface area contributed by atoms with Crippen LogP contribution in [0.2, 0.25) is 0 Å². The van der Waals surface area contributed by atoms with Crippen molar-refractivity contribution in [3.8, 4) is 33.9 Å². The number of rotatable bonds is 5. The quantitative estimate of drug-likeness (QED) is 0.172. The third kappa shape index (κ3) is 5.66. The van der Waals surface area contributed by atoms with Crippen LogP contribution in [0.1, 0.15) is 57.3 Å². The summed E-state index contributed by atoms with van der Waals surface area (Å²) in [5.41, 5.74) is 18.5. The van der Waals surface area contributed by atoms with Gasteiger partial charge >= 0.3 is 0 Å². The summed E-state index contributed by atoms with van der Waals surface area (Å²) in [5.74, 6) is 2.30. The van der Waals surface area contributed by atoms with Crippen LogP contribution in [0.4, 0.5) is 0 Å². The molecule has 2 aliphatic heterocycles. The fourth-order valence-corrected chi connectivity index (χ4v) is 15.6. The Morgan fingerprint density at radius 1 is 0.522 bits per heavy atom. The van der Waals surface area contributed by atoms with Crippen LogP contribution in [-0.2, 0) is 0 Å². The first kappa shape index (κ1) is 38.1. The van der Waals surface area contributed by atoms with Gasteiger partial charge in [0.15, 0.2) is 0 Å². The van der Waals surface area contributed by atoms with Gasteiger partial charge in [-0.1, -0.05) is 140 Å². The van der Waals surface area contributed by atoms with Crippen molar-refractivity contribution in [2.75, 3.05) is 0 Å². The van der Waals surface area contributed by atoms with Gasteiger partial charge in [0, 0.05) is 71.8 Å². The highest BCUT2D eigenvalue weighted by atomic mass is 32.2. The number of fused-ring (bicyclic) bond motifs is 15. The van der Waals surface area contributed by atoms with Crippen molar-refractivity contribution in [1.82, 2.24) is 18.7 Å². The zero-order chi connectivity index (χ0) is 43.7. The van der Waals surface area contributed by atoms with Gasteiger partial charge in [0.25, 0.3) is 0 Å². The van der Waals surface area contributed by atoms with Gasteiger partial charge in [-0.15, -0.1) is 23.5 Å². The molecule has 320 valence electrons. The van der Waals surface area contributed by atoms with E-state index in [0.29, 0.717) is 33.5 Å². The molecule has 15 rings (SSSR count). The van der Waals surface area contributed by atoms with E-state index in [1.165, 1.54) is 77.3 Å². The van der Waals surface area contributed by atoms with E-state index in [2.05, 4.69) is 232 Å². The maximum absolute atomic E-state index is 5.24. The second-order valence-corrected chi connectivity index (χ2v) is 21.3. The molecular formula is C61H44N4S2. The average molecular weight is 897 g/mol. The predicted molar refractivity (Wildman–Crippen MR) is 282 cm³/mol. The molecule has 0 N–H and O–H groups in total. The van der Waals surface area contributed by atoms with Crippen LogP contribution in [0.15, 0.2) is 199 Å². The minimum atomic E-state index is 0.318. The van der Waals surface area contributed by atoms with E-state index in [9.17, 15) is 0 Å². The Balaban J connectivity index is 0.937. The van der Waals surface area contributed by atoms with E-state index in [0.717, 1.165) is 41.0 Å². The molecule has 67 heavy (non-hydrogen) atoms. The van der Waals surface area contributed by atoms with Crippen LogP contribution >= 0.6 is 23.5 Å². The molecule has 6 heteroatoms. The zero-order valence-corrected chi connectivity index (χ0v) is 38.2. The Morgan fingerprint density at radius 2 is 1.19 bits per heavy atom. The van der Waals surface area contributed by atoms with Gasteiger partial charge in [-0.25, -0.2) is 4.98 Å².